The fourth-order valence-corrected chi connectivity index (χ4v) is 3.10. The highest BCUT2D eigenvalue weighted by atomic mass is 32.1. The monoisotopic (exact) mass is 300 g/mol. The van der Waals surface area contributed by atoms with Gasteiger partial charge in [-0.1, -0.05) is 18.2 Å². The predicted molar refractivity (Wildman–Crippen MR) is 84.4 cm³/mol. The first-order valence-corrected chi connectivity index (χ1v) is 7.87. The number of anilines is 2. The van der Waals surface area contributed by atoms with Gasteiger partial charge in [0.1, 0.15) is 0 Å². The summed E-state index contributed by atoms with van der Waals surface area (Å²) >= 11 is 1.54. The van der Waals surface area contributed by atoms with Gasteiger partial charge in [-0.3, -0.25) is 9.59 Å². The molecule has 1 unspecified atom stereocenters. The maximum Gasteiger partial charge on any atom is 0.227 e. The van der Waals surface area contributed by atoms with E-state index in [0.717, 1.165) is 16.9 Å². The van der Waals surface area contributed by atoms with E-state index >= 15 is 0 Å². The van der Waals surface area contributed by atoms with Crippen molar-refractivity contribution in [1.82, 2.24) is 0 Å². The van der Waals surface area contributed by atoms with Gasteiger partial charge in [-0.15, -0.1) is 0 Å². The second kappa shape index (κ2) is 6.10. The Balaban J connectivity index is 1.56. The summed E-state index contributed by atoms with van der Waals surface area (Å²) in [5, 5.41) is 9.55. The standard InChI is InChI=1S/C16H16N2O2S/c19-15(17-13-7-8-21-10-13)6-5-12-9-11-3-1-2-4-14(11)18-16(12)20/h1-4,7-8,10,12H,5-6,9H2,(H,17,19)(H,18,20). The lowest BCUT2D eigenvalue weighted by Crippen LogP contribution is -2.30. The van der Waals surface area contributed by atoms with Crippen LogP contribution < -0.4 is 10.6 Å². The summed E-state index contributed by atoms with van der Waals surface area (Å²) in [5.74, 6) is -0.162. The molecule has 0 aliphatic carbocycles. The van der Waals surface area contributed by atoms with E-state index in [1.807, 2.05) is 41.1 Å². The number of rotatable bonds is 4. The predicted octanol–water partition coefficient (Wildman–Crippen LogP) is 3.28. The number of carbonyl (C=O) groups excluding carboxylic acids is 2. The molecular weight excluding hydrogens is 284 g/mol. The number of hydrogen-bond acceptors (Lipinski definition) is 3. The minimum absolute atomic E-state index is 0.0111. The molecule has 2 N–H and O–H groups in total. The van der Waals surface area contributed by atoms with Crippen LogP contribution in [0.2, 0.25) is 0 Å². The number of benzene rings is 1. The van der Waals surface area contributed by atoms with Crippen LogP contribution in [0.25, 0.3) is 0 Å². The van der Waals surface area contributed by atoms with Crippen LogP contribution in [0.5, 0.6) is 0 Å². The molecule has 1 aromatic heterocycles. The first kappa shape index (κ1) is 13.8. The molecule has 3 rings (SSSR count). The number of hydrogen-bond donors (Lipinski definition) is 2. The van der Waals surface area contributed by atoms with E-state index in [1.54, 1.807) is 11.3 Å². The Hall–Kier alpha value is -2.14. The molecule has 0 fully saturated rings. The highest BCUT2D eigenvalue weighted by molar-refractivity contribution is 7.08. The van der Waals surface area contributed by atoms with E-state index in [9.17, 15) is 9.59 Å². The fourth-order valence-electron chi connectivity index (χ4n) is 2.51. The van der Waals surface area contributed by atoms with Gasteiger partial charge in [0.05, 0.1) is 5.69 Å². The third-order valence-electron chi connectivity index (χ3n) is 3.64. The lowest BCUT2D eigenvalue weighted by molar-refractivity contribution is -0.121. The molecule has 2 amide bonds. The smallest absolute Gasteiger partial charge is 0.227 e. The van der Waals surface area contributed by atoms with Crippen LogP contribution in [-0.2, 0) is 16.0 Å². The lowest BCUT2D eigenvalue weighted by atomic mass is 9.89. The molecule has 0 spiro atoms. The summed E-state index contributed by atoms with van der Waals surface area (Å²) in [6.45, 7) is 0. The zero-order chi connectivity index (χ0) is 14.7. The van der Waals surface area contributed by atoms with Crippen molar-refractivity contribution in [2.45, 2.75) is 19.3 Å². The summed E-state index contributed by atoms with van der Waals surface area (Å²) in [6, 6.07) is 9.68. The van der Waals surface area contributed by atoms with Gasteiger partial charge in [0.2, 0.25) is 11.8 Å². The summed E-state index contributed by atoms with van der Waals surface area (Å²) in [6.07, 6.45) is 1.62. The molecule has 0 saturated carbocycles. The Morgan fingerprint density at radius 1 is 1.33 bits per heavy atom. The summed E-state index contributed by atoms with van der Waals surface area (Å²) in [5.41, 5.74) is 2.85. The minimum atomic E-state index is -0.131. The maximum absolute atomic E-state index is 12.0. The summed E-state index contributed by atoms with van der Waals surface area (Å²) in [4.78, 5) is 23.9. The molecule has 2 heterocycles. The number of thiophene rings is 1. The summed E-state index contributed by atoms with van der Waals surface area (Å²) in [7, 11) is 0. The van der Waals surface area contributed by atoms with E-state index in [0.29, 0.717) is 19.3 Å². The Morgan fingerprint density at radius 3 is 3.00 bits per heavy atom. The fraction of sp³-hybridized carbons (Fsp3) is 0.250. The van der Waals surface area contributed by atoms with Crippen LogP contribution in [0.1, 0.15) is 18.4 Å². The van der Waals surface area contributed by atoms with Gasteiger partial charge in [-0.25, -0.2) is 0 Å². The topological polar surface area (TPSA) is 58.2 Å². The van der Waals surface area contributed by atoms with Gasteiger partial charge in [0.15, 0.2) is 0 Å². The van der Waals surface area contributed by atoms with Gasteiger partial charge >= 0.3 is 0 Å². The maximum atomic E-state index is 12.0. The van der Waals surface area contributed by atoms with Crippen LogP contribution in [0.15, 0.2) is 41.1 Å². The van der Waals surface area contributed by atoms with E-state index < -0.39 is 0 Å². The molecular formula is C16H16N2O2S. The van der Waals surface area contributed by atoms with E-state index in [2.05, 4.69) is 10.6 Å². The van der Waals surface area contributed by atoms with E-state index in [-0.39, 0.29) is 17.7 Å². The highest BCUT2D eigenvalue weighted by Crippen LogP contribution is 2.27. The zero-order valence-corrected chi connectivity index (χ0v) is 12.3. The molecule has 0 saturated heterocycles. The number of amides is 2. The molecule has 1 aliphatic rings. The number of nitrogens with one attached hydrogen (secondary N) is 2. The first-order chi connectivity index (χ1) is 10.2. The Morgan fingerprint density at radius 2 is 2.19 bits per heavy atom. The van der Waals surface area contributed by atoms with Crippen molar-refractivity contribution in [3.05, 3.63) is 46.7 Å². The van der Waals surface area contributed by atoms with Crippen LogP contribution in [0.4, 0.5) is 11.4 Å². The Kier molecular flexibility index (Phi) is 4.01. The quantitative estimate of drug-likeness (QED) is 0.910. The van der Waals surface area contributed by atoms with E-state index in [4.69, 9.17) is 0 Å². The highest BCUT2D eigenvalue weighted by Gasteiger charge is 2.26. The summed E-state index contributed by atoms with van der Waals surface area (Å²) < 4.78 is 0. The number of fused-ring (bicyclic) bond motifs is 1. The van der Waals surface area contributed by atoms with Gasteiger partial charge in [-0.2, -0.15) is 11.3 Å². The molecule has 108 valence electrons. The third kappa shape index (κ3) is 3.31. The van der Waals surface area contributed by atoms with Gasteiger partial charge in [0, 0.05) is 23.4 Å². The van der Waals surface area contributed by atoms with Crippen molar-refractivity contribution in [2.75, 3.05) is 10.6 Å². The second-order valence-corrected chi connectivity index (χ2v) is 5.93. The van der Waals surface area contributed by atoms with Crippen LogP contribution in [0.3, 0.4) is 0 Å². The van der Waals surface area contributed by atoms with Gasteiger partial charge in [-0.05, 0) is 35.9 Å². The van der Waals surface area contributed by atoms with Crippen molar-refractivity contribution in [3.63, 3.8) is 0 Å². The van der Waals surface area contributed by atoms with Crippen molar-refractivity contribution >= 4 is 34.5 Å². The average molecular weight is 300 g/mol. The molecule has 1 aromatic carbocycles. The number of para-hydroxylation sites is 1. The SMILES string of the molecule is O=C(CCC1Cc2ccccc2NC1=O)Nc1ccsc1. The van der Waals surface area contributed by atoms with Gasteiger partial charge < -0.3 is 10.6 Å². The zero-order valence-electron chi connectivity index (χ0n) is 11.5. The lowest BCUT2D eigenvalue weighted by Gasteiger charge is -2.24. The third-order valence-corrected chi connectivity index (χ3v) is 4.32. The Labute approximate surface area is 127 Å². The molecule has 1 aliphatic heterocycles. The molecule has 0 bridgehead atoms. The molecule has 5 heteroatoms. The first-order valence-electron chi connectivity index (χ1n) is 6.93. The number of carbonyl (C=O) groups is 2. The van der Waals surface area contributed by atoms with Crippen molar-refractivity contribution in [1.29, 1.82) is 0 Å². The molecule has 1 atom stereocenters. The second-order valence-electron chi connectivity index (χ2n) is 5.15. The molecule has 2 aromatic rings. The molecule has 0 radical (unpaired) electrons. The van der Waals surface area contributed by atoms with Gasteiger partial charge in [0.25, 0.3) is 0 Å². The molecule has 4 nitrogen and oxygen atoms in total. The minimum Gasteiger partial charge on any atom is -0.326 e. The Bertz CT molecular complexity index is 652. The van der Waals surface area contributed by atoms with E-state index in [1.165, 1.54) is 0 Å². The van der Waals surface area contributed by atoms with Crippen LogP contribution in [0, 0.1) is 5.92 Å². The van der Waals surface area contributed by atoms with Crippen molar-refractivity contribution in [2.24, 2.45) is 5.92 Å². The largest absolute Gasteiger partial charge is 0.326 e. The van der Waals surface area contributed by atoms with Crippen molar-refractivity contribution in [3.8, 4) is 0 Å². The van der Waals surface area contributed by atoms with Crippen LogP contribution in [-0.4, -0.2) is 11.8 Å². The average Bonchev–Trinajstić information content (AvgIpc) is 2.98. The van der Waals surface area contributed by atoms with Crippen molar-refractivity contribution < 1.29 is 9.59 Å². The normalized spacial score (nSPS) is 17.0. The molecule has 21 heavy (non-hydrogen) atoms. The van der Waals surface area contributed by atoms with Crippen LogP contribution >= 0.6 is 11.3 Å².